The van der Waals surface area contributed by atoms with Crippen LogP contribution in [0.5, 0.6) is 0 Å². The summed E-state index contributed by atoms with van der Waals surface area (Å²) in [6.45, 7) is 2.72. The van der Waals surface area contributed by atoms with E-state index < -0.39 is 0 Å². The molecule has 0 spiro atoms. The molecule has 3 rings (SSSR count). The van der Waals surface area contributed by atoms with Crippen LogP contribution in [-0.2, 0) is 9.59 Å². The molecule has 0 radical (unpaired) electrons. The van der Waals surface area contributed by atoms with E-state index in [0.29, 0.717) is 12.1 Å². The van der Waals surface area contributed by atoms with Crippen LogP contribution in [0.15, 0.2) is 59.7 Å². The monoisotopic (exact) mass is 350 g/mol. The molecule has 2 N–H and O–H groups in total. The number of anilines is 2. The molecule has 0 aliphatic carbocycles. The predicted molar refractivity (Wildman–Crippen MR) is 103 cm³/mol. The lowest BCUT2D eigenvalue weighted by Crippen LogP contribution is -2.27. The summed E-state index contributed by atoms with van der Waals surface area (Å²) < 4.78 is 0. The van der Waals surface area contributed by atoms with E-state index in [0.717, 1.165) is 29.9 Å². The van der Waals surface area contributed by atoms with Crippen molar-refractivity contribution < 1.29 is 9.59 Å². The quantitative estimate of drug-likeness (QED) is 0.621. The van der Waals surface area contributed by atoms with Crippen molar-refractivity contribution in [1.29, 1.82) is 0 Å². The first kappa shape index (κ1) is 17.7. The third kappa shape index (κ3) is 4.47. The lowest BCUT2D eigenvalue weighted by Gasteiger charge is -2.16. The van der Waals surface area contributed by atoms with Crippen LogP contribution in [0.2, 0.25) is 0 Å². The van der Waals surface area contributed by atoms with Crippen molar-refractivity contribution in [3.8, 4) is 0 Å². The number of carbonyl (C=O) groups excluding carboxylic acids is 2. The van der Waals surface area contributed by atoms with Gasteiger partial charge in [0, 0.05) is 24.3 Å². The Morgan fingerprint density at radius 3 is 2.69 bits per heavy atom. The van der Waals surface area contributed by atoms with Crippen LogP contribution >= 0.6 is 0 Å². The van der Waals surface area contributed by atoms with Crippen LogP contribution < -0.4 is 15.6 Å². The molecule has 0 aromatic heterocycles. The summed E-state index contributed by atoms with van der Waals surface area (Å²) in [6.07, 6.45) is 1.49. The average molecular weight is 350 g/mol. The van der Waals surface area contributed by atoms with Crippen LogP contribution in [-0.4, -0.2) is 30.6 Å². The molecular weight excluding hydrogens is 328 g/mol. The summed E-state index contributed by atoms with van der Waals surface area (Å²) in [7, 11) is 0. The van der Waals surface area contributed by atoms with Gasteiger partial charge in [-0.3, -0.25) is 9.59 Å². The van der Waals surface area contributed by atoms with E-state index in [-0.39, 0.29) is 18.4 Å². The van der Waals surface area contributed by atoms with Crippen molar-refractivity contribution in [2.45, 2.75) is 19.8 Å². The van der Waals surface area contributed by atoms with Gasteiger partial charge in [0.1, 0.15) is 0 Å². The van der Waals surface area contributed by atoms with Crippen LogP contribution in [0.3, 0.4) is 0 Å². The largest absolute Gasteiger partial charge is 0.376 e. The van der Waals surface area contributed by atoms with Crippen molar-refractivity contribution in [2.75, 3.05) is 23.3 Å². The van der Waals surface area contributed by atoms with E-state index in [4.69, 9.17) is 0 Å². The first-order valence-corrected chi connectivity index (χ1v) is 8.66. The van der Waals surface area contributed by atoms with Gasteiger partial charge in [-0.1, -0.05) is 30.3 Å². The smallest absolute Gasteiger partial charge is 0.259 e. The highest BCUT2D eigenvalue weighted by Gasteiger charge is 2.21. The highest BCUT2D eigenvalue weighted by atomic mass is 16.2. The van der Waals surface area contributed by atoms with Gasteiger partial charge in [0.05, 0.1) is 12.3 Å². The van der Waals surface area contributed by atoms with Crippen molar-refractivity contribution >= 4 is 28.9 Å². The SMILES string of the molecule is C/C(=N/NC(=O)CNc1ccccc1)c1cccc(N2CCCC2=O)c1. The van der Waals surface area contributed by atoms with Crippen LogP contribution in [0.1, 0.15) is 25.3 Å². The Morgan fingerprint density at radius 1 is 1.15 bits per heavy atom. The number of carbonyl (C=O) groups is 2. The Kier molecular flexibility index (Phi) is 5.63. The molecule has 6 heteroatoms. The van der Waals surface area contributed by atoms with E-state index in [1.54, 1.807) is 4.90 Å². The number of nitrogens with zero attached hydrogens (tertiary/aromatic N) is 2. The van der Waals surface area contributed by atoms with Crippen molar-refractivity contribution in [1.82, 2.24) is 5.43 Å². The minimum absolute atomic E-state index is 0.142. The van der Waals surface area contributed by atoms with Crippen molar-refractivity contribution in [3.63, 3.8) is 0 Å². The summed E-state index contributed by atoms with van der Waals surface area (Å²) in [6, 6.07) is 17.2. The second-order valence-electron chi connectivity index (χ2n) is 6.15. The van der Waals surface area contributed by atoms with E-state index in [9.17, 15) is 9.59 Å². The zero-order valence-corrected chi connectivity index (χ0v) is 14.7. The van der Waals surface area contributed by atoms with Gasteiger partial charge in [-0.15, -0.1) is 0 Å². The molecule has 1 fully saturated rings. The Hall–Kier alpha value is -3.15. The number of amides is 2. The highest BCUT2D eigenvalue weighted by molar-refractivity contribution is 6.02. The highest BCUT2D eigenvalue weighted by Crippen LogP contribution is 2.22. The summed E-state index contributed by atoms with van der Waals surface area (Å²) in [5, 5.41) is 7.20. The summed E-state index contributed by atoms with van der Waals surface area (Å²) in [4.78, 5) is 25.6. The minimum atomic E-state index is -0.223. The third-order valence-corrected chi connectivity index (χ3v) is 4.22. The van der Waals surface area contributed by atoms with Gasteiger partial charge in [0.25, 0.3) is 5.91 Å². The van der Waals surface area contributed by atoms with Crippen LogP contribution in [0.25, 0.3) is 0 Å². The lowest BCUT2D eigenvalue weighted by atomic mass is 10.1. The predicted octanol–water partition coefficient (Wildman–Crippen LogP) is 2.77. The van der Waals surface area contributed by atoms with E-state index in [1.807, 2.05) is 61.5 Å². The molecule has 1 aliphatic rings. The van der Waals surface area contributed by atoms with Crippen LogP contribution in [0, 0.1) is 0 Å². The maximum Gasteiger partial charge on any atom is 0.259 e. The molecule has 2 aromatic carbocycles. The van der Waals surface area contributed by atoms with Crippen molar-refractivity contribution in [3.05, 3.63) is 60.2 Å². The first-order valence-electron chi connectivity index (χ1n) is 8.66. The summed E-state index contributed by atoms with van der Waals surface area (Å²) in [5.41, 5.74) is 5.87. The van der Waals surface area contributed by atoms with Crippen molar-refractivity contribution in [2.24, 2.45) is 5.10 Å². The second-order valence-corrected chi connectivity index (χ2v) is 6.15. The molecule has 0 saturated carbocycles. The van der Waals surface area contributed by atoms with E-state index >= 15 is 0 Å². The number of rotatable bonds is 6. The molecule has 1 aliphatic heterocycles. The number of hydrogen-bond acceptors (Lipinski definition) is 4. The minimum Gasteiger partial charge on any atom is -0.376 e. The third-order valence-electron chi connectivity index (χ3n) is 4.22. The van der Waals surface area contributed by atoms with Gasteiger partial charge in [0.15, 0.2) is 0 Å². The Labute approximate surface area is 152 Å². The molecule has 2 aromatic rings. The van der Waals surface area contributed by atoms with E-state index in [2.05, 4.69) is 15.8 Å². The topological polar surface area (TPSA) is 73.8 Å². The maximum atomic E-state index is 11.9. The first-order chi connectivity index (χ1) is 12.6. The second kappa shape index (κ2) is 8.29. The Balaban J connectivity index is 1.59. The average Bonchev–Trinajstić information content (AvgIpc) is 3.11. The maximum absolute atomic E-state index is 11.9. The fourth-order valence-electron chi connectivity index (χ4n) is 2.81. The summed E-state index contributed by atoms with van der Waals surface area (Å²) in [5.74, 6) is -0.0730. The Morgan fingerprint density at radius 2 is 1.96 bits per heavy atom. The molecule has 0 atom stereocenters. The number of hydrazone groups is 1. The Bertz CT molecular complexity index is 818. The normalized spacial score (nSPS) is 14.4. The molecule has 134 valence electrons. The van der Waals surface area contributed by atoms with E-state index in [1.165, 1.54) is 0 Å². The molecule has 26 heavy (non-hydrogen) atoms. The number of benzene rings is 2. The van der Waals surface area contributed by atoms with Crippen LogP contribution in [0.4, 0.5) is 11.4 Å². The summed E-state index contributed by atoms with van der Waals surface area (Å²) >= 11 is 0. The molecule has 2 amide bonds. The fraction of sp³-hybridized carbons (Fsp3) is 0.250. The van der Waals surface area contributed by atoms with Gasteiger partial charge in [-0.05, 0) is 43.2 Å². The molecular formula is C20H22N4O2. The zero-order chi connectivity index (χ0) is 18.4. The molecule has 1 heterocycles. The standard InChI is InChI=1S/C20H22N4O2/c1-15(22-23-19(25)14-21-17-8-3-2-4-9-17)16-7-5-10-18(13-16)24-12-6-11-20(24)26/h2-5,7-10,13,21H,6,11-12,14H2,1H3,(H,23,25)/b22-15-. The number of hydrogen-bond donors (Lipinski definition) is 2. The van der Waals surface area contributed by atoms with Gasteiger partial charge in [0.2, 0.25) is 5.91 Å². The number of para-hydroxylation sites is 1. The molecule has 0 bridgehead atoms. The van der Waals surface area contributed by atoms with Gasteiger partial charge in [-0.2, -0.15) is 5.10 Å². The number of nitrogens with one attached hydrogen (secondary N) is 2. The molecule has 6 nitrogen and oxygen atoms in total. The van der Waals surface area contributed by atoms with Gasteiger partial charge in [-0.25, -0.2) is 5.43 Å². The molecule has 1 saturated heterocycles. The lowest BCUT2D eigenvalue weighted by molar-refractivity contribution is -0.119. The van der Waals surface area contributed by atoms with Gasteiger partial charge < -0.3 is 10.2 Å². The zero-order valence-electron chi connectivity index (χ0n) is 14.7. The molecule has 0 unspecified atom stereocenters. The van der Waals surface area contributed by atoms with Gasteiger partial charge >= 0.3 is 0 Å². The fourth-order valence-corrected chi connectivity index (χ4v) is 2.81.